The van der Waals surface area contributed by atoms with Gasteiger partial charge in [0.05, 0.1) is 0 Å². The number of phenols is 1. The average molecular weight is 481 g/mol. The van der Waals surface area contributed by atoms with Gasteiger partial charge in [-0.25, -0.2) is 4.79 Å². The number of fused-ring (bicyclic) bond motifs is 1. The van der Waals surface area contributed by atoms with Crippen LogP contribution in [0.4, 0.5) is 0 Å². The van der Waals surface area contributed by atoms with Crippen LogP contribution in [-0.2, 0) is 19.2 Å². The molecule has 2 heterocycles. The lowest BCUT2D eigenvalue weighted by Crippen LogP contribution is -2.71. The van der Waals surface area contributed by atoms with Gasteiger partial charge in [-0.1, -0.05) is 24.3 Å². The summed E-state index contributed by atoms with van der Waals surface area (Å²) in [4.78, 5) is 48.6. The number of hydrogen-bond donors (Lipinski definition) is 4. The maximum atomic E-state index is 12.5. The predicted molar refractivity (Wildman–Crippen MR) is 123 cm³/mol. The number of allylic oxidation sites excluding steroid dienone is 2. The maximum Gasteiger partial charge on any atom is 0.352 e. The molecule has 1 aromatic rings. The molecule has 0 spiro atoms. The number of carbonyl (C=O) groups is 4. The topological polar surface area (TPSA) is 185 Å². The minimum absolute atomic E-state index is 0. The van der Waals surface area contributed by atoms with E-state index in [1.54, 1.807) is 33.2 Å². The Balaban J connectivity index is 0.000000821. The van der Waals surface area contributed by atoms with Gasteiger partial charge in [0.25, 0.3) is 5.91 Å². The number of nitrogens with one attached hydrogen (secondary N) is 1. The molecule has 0 bridgehead atoms. The number of nitrogens with zero attached hydrogens (tertiary/aromatic N) is 2. The third kappa shape index (κ3) is 6.34. The van der Waals surface area contributed by atoms with E-state index in [4.69, 9.17) is 5.73 Å². The van der Waals surface area contributed by atoms with Crippen LogP contribution >= 0.6 is 11.8 Å². The molecule has 2 aliphatic heterocycles. The normalized spacial score (nSPS) is 19.9. The second kappa shape index (κ2) is 12.0. The van der Waals surface area contributed by atoms with Crippen LogP contribution in [0.5, 0.6) is 5.75 Å². The fourth-order valence-corrected chi connectivity index (χ4v) is 4.37. The van der Waals surface area contributed by atoms with Crippen molar-refractivity contribution in [3.05, 3.63) is 53.3 Å². The molecule has 0 radical (unpaired) electrons. The molecule has 3 amide bonds. The smallest absolute Gasteiger partial charge is 0.352 e. The zero-order valence-corrected chi connectivity index (χ0v) is 19.2. The molecular formula is C21H28N4O7S. The second-order valence-electron chi connectivity index (χ2n) is 7.21. The monoisotopic (exact) mass is 480 g/mol. The quantitative estimate of drug-likeness (QED) is 0.312. The minimum atomic E-state index is -1.17. The van der Waals surface area contributed by atoms with Crippen molar-refractivity contribution in [2.45, 2.75) is 24.4 Å². The Kier molecular flexibility index (Phi) is 10.1. The van der Waals surface area contributed by atoms with Gasteiger partial charge >= 0.3 is 5.97 Å². The zero-order chi connectivity index (χ0) is 24.0. The highest BCUT2D eigenvalue weighted by Gasteiger charge is 2.54. The van der Waals surface area contributed by atoms with Crippen molar-refractivity contribution in [3.63, 3.8) is 0 Å². The van der Waals surface area contributed by atoms with Crippen molar-refractivity contribution in [2.75, 3.05) is 19.8 Å². The lowest BCUT2D eigenvalue weighted by Gasteiger charge is -2.49. The highest BCUT2D eigenvalue weighted by molar-refractivity contribution is 8.00. The molecule has 0 unspecified atom stereocenters. The van der Waals surface area contributed by atoms with Crippen molar-refractivity contribution in [1.82, 2.24) is 15.1 Å². The first-order valence-corrected chi connectivity index (χ1v) is 10.7. The Morgan fingerprint density at radius 3 is 2.36 bits per heavy atom. The van der Waals surface area contributed by atoms with E-state index in [1.807, 2.05) is 0 Å². The van der Waals surface area contributed by atoms with E-state index < -0.39 is 35.2 Å². The zero-order valence-electron chi connectivity index (χ0n) is 18.4. The number of thioether (sulfide) groups is 1. The number of hydrogen-bond acceptors (Lipinski definition) is 7. The molecule has 11 nitrogen and oxygen atoms in total. The van der Waals surface area contributed by atoms with Crippen LogP contribution < -0.4 is 11.1 Å². The van der Waals surface area contributed by atoms with Crippen molar-refractivity contribution in [1.29, 1.82) is 0 Å². The van der Waals surface area contributed by atoms with E-state index in [0.29, 0.717) is 16.9 Å². The Labute approximate surface area is 195 Å². The van der Waals surface area contributed by atoms with Gasteiger partial charge in [-0.3, -0.25) is 19.3 Å². The van der Waals surface area contributed by atoms with Crippen LogP contribution in [0.2, 0.25) is 0 Å². The van der Waals surface area contributed by atoms with Gasteiger partial charge < -0.3 is 31.6 Å². The number of carboxylic acids is 1. The molecule has 0 saturated carbocycles. The lowest BCUT2D eigenvalue weighted by atomic mass is 10.0. The highest BCUT2D eigenvalue weighted by Crippen LogP contribution is 2.40. The summed E-state index contributed by atoms with van der Waals surface area (Å²) in [7, 11) is 3.38. The van der Waals surface area contributed by atoms with Crippen molar-refractivity contribution in [3.8, 4) is 5.75 Å². The fourth-order valence-electron chi connectivity index (χ4n) is 3.05. The van der Waals surface area contributed by atoms with Crippen LogP contribution in [0.3, 0.4) is 0 Å². The summed E-state index contributed by atoms with van der Waals surface area (Å²) in [5.41, 5.74) is 6.93. The van der Waals surface area contributed by atoms with E-state index in [0.717, 1.165) is 6.41 Å². The maximum absolute atomic E-state index is 12.5. The highest BCUT2D eigenvalue weighted by atomic mass is 32.2. The van der Waals surface area contributed by atoms with Gasteiger partial charge in [-0.05, 0) is 30.2 Å². The molecule has 7 N–H and O–H groups in total. The van der Waals surface area contributed by atoms with Crippen molar-refractivity contribution in [2.24, 2.45) is 5.73 Å². The third-order valence-electron chi connectivity index (χ3n) is 4.61. The molecule has 2 aliphatic rings. The van der Waals surface area contributed by atoms with E-state index >= 15 is 0 Å². The Bertz CT molecular complexity index is 946. The first-order valence-electron chi connectivity index (χ1n) is 9.62. The largest absolute Gasteiger partial charge is 0.508 e. The van der Waals surface area contributed by atoms with Crippen molar-refractivity contribution < 1.29 is 34.9 Å². The molecule has 1 saturated heterocycles. The summed E-state index contributed by atoms with van der Waals surface area (Å²) >= 11 is 1.39. The summed E-state index contributed by atoms with van der Waals surface area (Å²) in [6, 6.07) is 4.06. The van der Waals surface area contributed by atoms with E-state index in [9.17, 15) is 29.4 Å². The summed E-state index contributed by atoms with van der Waals surface area (Å²) in [5, 5.41) is 20.9. The Hall–Kier alpha value is -3.35. The number of nitrogens with two attached hydrogens (primary N) is 1. The summed E-state index contributed by atoms with van der Waals surface area (Å²) in [6.45, 7) is 1.77. The van der Waals surface area contributed by atoms with Gasteiger partial charge in [0.15, 0.2) is 0 Å². The molecule has 0 aliphatic carbocycles. The van der Waals surface area contributed by atoms with E-state index in [-0.39, 0.29) is 16.9 Å². The van der Waals surface area contributed by atoms with Gasteiger partial charge in [0.1, 0.15) is 28.9 Å². The molecule has 3 rings (SSSR count). The molecule has 1 aromatic carbocycles. The predicted octanol–water partition coefficient (Wildman–Crippen LogP) is -0.414. The van der Waals surface area contributed by atoms with Gasteiger partial charge in [0.2, 0.25) is 12.3 Å². The molecule has 180 valence electrons. The standard InChI is InChI=1S/C18H19N3O5S.C3H7NO.H2O/c1-2-3-10-8-27-17-13(16(24)21(17)14(10)18(25)26)20-15(23)12(19)9-4-6-11(22)7-5-9;1-4(2)3-5;/h2-7,12-13,17,22H,8,19H2,1H3,(H,20,23)(H,25,26);3H,1-2H3;1H2/b3-2-;;/t12-,13-,17-;;/m1../s1. The number of phenolic OH excluding ortho intramolecular Hbond substituents is 1. The lowest BCUT2D eigenvalue weighted by molar-refractivity contribution is -0.150. The van der Waals surface area contributed by atoms with Gasteiger partial charge in [0, 0.05) is 19.8 Å². The Morgan fingerprint density at radius 2 is 1.88 bits per heavy atom. The fraction of sp³-hybridized carbons (Fsp3) is 0.333. The molecular weight excluding hydrogens is 452 g/mol. The number of β-lactam (4-membered cyclic amide) rings is 1. The summed E-state index contributed by atoms with van der Waals surface area (Å²) in [5.74, 6) is -1.71. The summed E-state index contributed by atoms with van der Waals surface area (Å²) < 4.78 is 0. The number of carbonyl (C=O) groups excluding carboxylic acids is 3. The Morgan fingerprint density at radius 1 is 1.30 bits per heavy atom. The van der Waals surface area contributed by atoms with Gasteiger partial charge in [-0.2, -0.15) is 0 Å². The molecule has 1 fully saturated rings. The third-order valence-corrected chi connectivity index (χ3v) is 5.91. The number of carboxylic acid groups (broad SMARTS) is 1. The van der Waals surface area contributed by atoms with E-state index in [1.165, 1.54) is 45.8 Å². The minimum Gasteiger partial charge on any atom is -0.508 e. The number of benzene rings is 1. The van der Waals surface area contributed by atoms with Crippen LogP contribution in [0, 0.1) is 0 Å². The second-order valence-corrected chi connectivity index (χ2v) is 8.32. The first kappa shape index (κ1) is 27.7. The number of aromatic hydroxyl groups is 1. The number of aliphatic carboxylic acids is 1. The van der Waals surface area contributed by atoms with E-state index in [2.05, 4.69) is 5.32 Å². The van der Waals surface area contributed by atoms with Gasteiger partial charge in [-0.15, -0.1) is 11.8 Å². The first-order chi connectivity index (χ1) is 15.1. The van der Waals surface area contributed by atoms with Crippen molar-refractivity contribution >= 4 is 36.0 Å². The molecule has 3 atom stereocenters. The molecule has 33 heavy (non-hydrogen) atoms. The SMILES string of the molecule is C/C=C\C1=C(C(=O)O)N2C(=O)[C@@H](NC(=O)[C@H](N)c3ccc(O)cc3)[C@H]2SC1.CN(C)C=O.O. The van der Waals surface area contributed by atoms with Crippen LogP contribution in [0.15, 0.2) is 47.7 Å². The average Bonchev–Trinajstić information content (AvgIpc) is 2.77. The molecule has 0 aromatic heterocycles. The number of amides is 3. The van der Waals surface area contributed by atoms with Crippen LogP contribution in [-0.4, -0.2) is 80.9 Å². The summed E-state index contributed by atoms with van der Waals surface area (Å²) in [6.07, 6.45) is 4.14. The molecule has 12 heteroatoms. The number of rotatable bonds is 6. The van der Waals surface area contributed by atoms with Crippen LogP contribution in [0.1, 0.15) is 18.5 Å². The van der Waals surface area contributed by atoms with Crippen LogP contribution in [0.25, 0.3) is 0 Å².